The summed E-state index contributed by atoms with van der Waals surface area (Å²) in [6, 6.07) is 0. The van der Waals surface area contributed by atoms with E-state index in [0.717, 1.165) is 12.0 Å². The molecule has 0 aromatic heterocycles. The van der Waals surface area contributed by atoms with Gasteiger partial charge >= 0.3 is 0 Å². The lowest BCUT2D eigenvalue weighted by Crippen LogP contribution is -1.86. The zero-order valence-electron chi connectivity index (χ0n) is 7.19. The van der Waals surface area contributed by atoms with Gasteiger partial charge in [0.2, 0.25) is 3.79 Å². The second kappa shape index (κ2) is 6.83. The summed E-state index contributed by atoms with van der Waals surface area (Å²) < 4.78 is 0.166. The molecule has 0 aromatic rings. The van der Waals surface area contributed by atoms with E-state index in [1.165, 1.54) is 19.3 Å². The lowest BCUT2D eigenvalue weighted by atomic mass is 10.1. The molecule has 0 unspecified atom stereocenters. The molecule has 0 aliphatic heterocycles. The molecule has 0 aromatic carbocycles. The number of hydrogen-bond donors (Lipinski definition) is 0. The predicted octanol–water partition coefficient (Wildman–Crippen LogP) is 3.47. The lowest BCUT2D eigenvalue weighted by molar-refractivity contribution is -0.106. The Bertz CT molecular complexity index is 150. The van der Waals surface area contributed by atoms with E-state index in [-0.39, 0.29) is 3.79 Å². The van der Waals surface area contributed by atoms with Crippen LogP contribution in [0.3, 0.4) is 0 Å². The molecule has 0 N–H and O–H groups in total. The Hall–Kier alpha value is 0.140. The van der Waals surface area contributed by atoms with Gasteiger partial charge in [-0.3, -0.25) is 4.79 Å². The Kier molecular flexibility index (Phi) is 6.91. The number of halogens is 1. The minimum atomic E-state index is 0.166. The molecular formula is C9H15IO. The van der Waals surface area contributed by atoms with Crippen molar-refractivity contribution < 1.29 is 4.79 Å². The predicted molar refractivity (Wildman–Crippen MR) is 56.9 cm³/mol. The van der Waals surface area contributed by atoms with Gasteiger partial charge in [0, 0.05) is 22.6 Å². The molecule has 0 bridgehead atoms. The van der Waals surface area contributed by atoms with Crippen LogP contribution >= 0.6 is 22.6 Å². The van der Waals surface area contributed by atoms with Crippen molar-refractivity contribution in [3.63, 3.8) is 0 Å². The van der Waals surface area contributed by atoms with Crippen molar-refractivity contribution in [2.75, 3.05) is 0 Å². The van der Waals surface area contributed by atoms with Crippen LogP contribution in [0.4, 0.5) is 0 Å². The molecule has 11 heavy (non-hydrogen) atoms. The Morgan fingerprint density at radius 3 is 2.55 bits per heavy atom. The van der Waals surface area contributed by atoms with Gasteiger partial charge in [0.15, 0.2) is 0 Å². The van der Waals surface area contributed by atoms with Gasteiger partial charge in [0.25, 0.3) is 0 Å². The van der Waals surface area contributed by atoms with Crippen molar-refractivity contribution in [3.05, 3.63) is 11.6 Å². The molecule has 1 nitrogen and oxygen atoms in total. The number of unbranched alkanes of at least 4 members (excludes halogenated alkanes) is 3. The molecule has 2 heteroatoms. The van der Waals surface area contributed by atoms with Gasteiger partial charge < -0.3 is 0 Å². The van der Waals surface area contributed by atoms with Crippen LogP contribution in [0.15, 0.2) is 11.6 Å². The average molecular weight is 266 g/mol. The molecule has 0 aliphatic rings. The standard InChI is InChI=1S/C9H15IO/c1-3-4-5-6-7-8(2)9(10)11/h7H,3-6H2,1-2H3. The maximum Gasteiger partial charge on any atom is 0.217 e. The van der Waals surface area contributed by atoms with Crippen LogP contribution in [0.2, 0.25) is 0 Å². The number of allylic oxidation sites excluding steroid dienone is 2. The van der Waals surface area contributed by atoms with Crippen LogP contribution in [0.5, 0.6) is 0 Å². The second-order valence-electron chi connectivity index (χ2n) is 2.66. The van der Waals surface area contributed by atoms with E-state index < -0.39 is 0 Å². The minimum Gasteiger partial charge on any atom is -0.283 e. The maximum absolute atomic E-state index is 10.7. The first-order chi connectivity index (χ1) is 5.18. The number of carbonyl (C=O) groups is 1. The SMILES string of the molecule is CCCCCC=C(C)C(=O)I. The summed E-state index contributed by atoms with van der Waals surface area (Å²) in [5, 5.41) is 0. The summed E-state index contributed by atoms with van der Waals surface area (Å²) in [5.74, 6) is 0. The molecule has 64 valence electrons. The van der Waals surface area contributed by atoms with E-state index in [9.17, 15) is 4.79 Å². The number of hydrogen-bond acceptors (Lipinski definition) is 1. The summed E-state index contributed by atoms with van der Waals surface area (Å²) in [7, 11) is 0. The van der Waals surface area contributed by atoms with Crippen LogP contribution in [-0.4, -0.2) is 3.79 Å². The van der Waals surface area contributed by atoms with E-state index in [4.69, 9.17) is 0 Å². The largest absolute Gasteiger partial charge is 0.283 e. The van der Waals surface area contributed by atoms with E-state index >= 15 is 0 Å². The third-order valence-electron chi connectivity index (χ3n) is 1.57. The minimum absolute atomic E-state index is 0.166. The van der Waals surface area contributed by atoms with E-state index in [1.54, 1.807) is 0 Å². The molecule has 0 radical (unpaired) electrons. The van der Waals surface area contributed by atoms with Crippen molar-refractivity contribution in [1.29, 1.82) is 0 Å². The number of rotatable bonds is 5. The van der Waals surface area contributed by atoms with Gasteiger partial charge in [-0.1, -0.05) is 25.8 Å². The summed E-state index contributed by atoms with van der Waals surface area (Å²) in [6.07, 6.45) is 6.79. The first kappa shape index (κ1) is 11.1. The van der Waals surface area contributed by atoms with Crippen molar-refractivity contribution in [1.82, 2.24) is 0 Å². The Morgan fingerprint density at radius 1 is 1.45 bits per heavy atom. The van der Waals surface area contributed by atoms with Crippen molar-refractivity contribution in [2.45, 2.75) is 39.5 Å². The van der Waals surface area contributed by atoms with Crippen molar-refractivity contribution in [3.8, 4) is 0 Å². The molecule has 0 atom stereocenters. The fourth-order valence-corrected chi connectivity index (χ4v) is 1.01. The molecule has 0 saturated carbocycles. The topological polar surface area (TPSA) is 17.1 Å². The third kappa shape index (κ3) is 6.53. The quantitative estimate of drug-likeness (QED) is 0.322. The Labute approximate surface area is 82.4 Å². The molecule has 0 aliphatic carbocycles. The van der Waals surface area contributed by atoms with Gasteiger partial charge in [-0.05, 0) is 25.3 Å². The maximum atomic E-state index is 10.7. The Balaban J connectivity index is 3.48. The van der Waals surface area contributed by atoms with E-state index in [2.05, 4.69) is 6.92 Å². The normalized spacial score (nSPS) is 11.7. The third-order valence-corrected chi connectivity index (χ3v) is 2.42. The van der Waals surface area contributed by atoms with Crippen molar-refractivity contribution in [2.24, 2.45) is 0 Å². The second-order valence-corrected chi connectivity index (χ2v) is 3.64. The van der Waals surface area contributed by atoms with Crippen LogP contribution in [0, 0.1) is 0 Å². The molecule has 0 fully saturated rings. The highest BCUT2D eigenvalue weighted by atomic mass is 127. The van der Waals surface area contributed by atoms with Gasteiger partial charge in [0.1, 0.15) is 0 Å². The van der Waals surface area contributed by atoms with Crippen LogP contribution in [-0.2, 0) is 4.79 Å². The van der Waals surface area contributed by atoms with Gasteiger partial charge in [-0.15, -0.1) is 0 Å². The molecule has 0 spiro atoms. The van der Waals surface area contributed by atoms with E-state index in [0.29, 0.717) is 0 Å². The zero-order chi connectivity index (χ0) is 8.69. The molecule has 0 amide bonds. The number of carbonyl (C=O) groups excluding carboxylic acids is 1. The highest BCUT2D eigenvalue weighted by Crippen LogP contribution is 2.06. The lowest BCUT2D eigenvalue weighted by Gasteiger charge is -1.93. The summed E-state index contributed by atoms with van der Waals surface area (Å²) in [5.41, 5.74) is 0.890. The highest BCUT2D eigenvalue weighted by molar-refractivity contribution is 14.1. The molecular weight excluding hydrogens is 251 g/mol. The van der Waals surface area contributed by atoms with Crippen LogP contribution in [0.1, 0.15) is 39.5 Å². The monoisotopic (exact) mass is 266 g/mol. The van der Waals surface area contributed by atoms with Gasteiger partial charge in [-0.25, -0.2) is 0 Å². The molecule has 0 saturated heterocycles. The first-order valence-electron chi connectivity index (χ1n) is 4.05. The smallest absolute Gasteiger partial charge is 0.217 e. The summed E-state index contributed by atoms with van der Waals surface area (Å²) in [6.45, 7) is 4.06. The highest BCUT2D eigenvalue weighted by Gasteiger charge is 1.95. The average Bonchev–Trinajstić information content (AvgIpc) is 1.97. The van der Waals surface area contributed by atoms with E-state index in [1.807, 2.05) is 35.6 Å². The first-order valence-corrected chi connectivity index (χ1v) is 5.13. The fourth-order valence-electron chi connectivity index (χ4n) is 0.793. The zero-order valence-corrected chi connectivity index (χ0v) is 9.35. The molecule has 0 rings (SSSR count). The Morgan fingerprint density at radius 2 is 2.09 bits per heavy atom. The van der Waals surface area contributed by atoms with Crippen molar-refractivity contribution >= 4 is 26.4 Å². The summed E-state index contributed by atoms with van der Waals surface area (Å²) in [4.78, 5) is 10.7. The van der Waals surface area contributed by atoms with Crippen LogP contribution < -0.4 is 0 Å². The fraction of sp³-hybridized carbons (Fsp3) is 0.667. The summed E-state index contributed by atoms with van der Waals surface area (Å²) >= 11 is 1.82. The molecule has 0 heterocycles. The van der Waals surface area contributed by atoms with Gasteiger partial charge in [0.05, 0.1) is 0 Å². The van der Waals surface area contributed by atoms with Crippen LogP contribution in [0.25, 0.3) is 0 Å². The van der Waals surface area contributed by atoms with Gasteiger partial charge in [-0.2, -0.15) is 0 Å².